The number of hydrogen-bond acceptors (Lipinski definition) is 4. The highest BCUT2D eigenvalue weighted by atomic mass is 35.5. The number of halogens is 1. The van der Waals surface area contributed by atoms with Crippen LogP contribution >= 0.6 is 12.4 Å². The molecule has 1 atom stereocenters. The van der Waals surface area contributed by atoms with Crippen LogP contribution in [0.5, 0.6) is 5.75 Å². The molecular weight excluding hydrogens is 304 g/mol. The molecule has 3 N–H and O–H groups in total. The van der Waals surface area contributed by atoms with E-state index in [-0.39, 0.29) is 30.0 Å². The molecule has 0 saturated carbocycles. The number of aromatic hydroxyl groups is 1. The van der Waals surface area contributed by atoms with E-state index in [0.29, 0.717) is 26.3 Å². The Kier molecular flexibility index (Phi) is 5.67. The Morgan fingerprint density at radius 2 is 2.05 bits per heavy atom. The molecule has 3 rings (SSSR count). The molecule has 1 amide bonds. The Morgan fingerprint density at radius 3 is 2.77 bits per heavy atom. The Hall–Kier alpha value is -1.30. The van der Waals surface area contributed by atoms with E-state index in [1.165, 1.54) is 5.56 Å². The maximum Gasteiger partial charge on any atom is 0.240 e. The van der Waals surface area contributed by atoms with Crippen LogP contribution in [0.1, 0.15) is 24.0 Å². The fraction of sp³-hybridized carbons (Fsp3) is 0.562. The SMILES string of the molecule is Cl.NC(C(=O)N1CCc2ccc(O)cc2C1)C1CCOCC1. The molecule has 2 aliphatic rings. The van der Waals surface area contributed by atoms with E-state index in [0.717, 1.165) is 24.8 Å². The Morgan fingerprint density at radius 1 is 1.32 bits per heavy atom. The molecule has 22 heavy (non-hydrogen) atoms. The summed E-state index contributed by atoms with van der Waals surface area (Å²) in [4.78, 5) is 14.4. The van der Waals surface area contributed by atoms with Crippen molar-refractivity contribution in [3.8, 4) is 5.75 Å². The highest BCUT2D eigenvalue weighted by Gasteiger charge is 2.31. The second kappa shape index (κ2) is 7.31. The van der Waals surface area contributed by atoms with E-state index in [1.807, 2.05) is 11.0 Å². The Balaban J connectivity index is 0.00000176. The van der Waals surface area contributed by atoms with Crippen molar-refractivity contribution in [1.29, 1.82) is 0 Å². The first kappa shape index (κ1) is 17.1. The Labute approximate surface area is 136 Å². The summed E-state index contributed by atoms with van der Waals surface area (Å²) in [6, 6.07) is 4.94. The lowest BCUT2D eigenvalue weighted by Gasteiger charge is -2.34. The van der Waals surface area contributed by atoms with Crippen LogP contribution < -0.4 is 5.73 Å². The summed E-state index contributed by atoms with van der Waals surface area (Å²) in [5.74, 6) is 0.490. The number of rotatable bonds is 2. The maximum atomic E-state index is 12.6. The smallest absolute Gasteiger partial charge is 0.240 e. The van der Waals surface area contributed by atoms with Gasteiger partial charge in [-0.05, 0) is 48.4 Å². The summed E-state index contributed by atoms with van der Waals surface area (Å²) < 4.78 is 5.33. The lowest BCUT2D eigenvalue weighted by molar-refractivity contribution is -0.135. The zero-order chi connectivity index (χ0) is 14.8. The van der Waals surface area contributed by atoms with Crippen molar-refractivity contribution in [1.82, 2.24) is 4.90 Å². The van der Waals surface area contributed by atoms with Gasteiger partial charge < -0.3 is 20.5 Å². The average molecular weight is 327 g/mol. The number of carbonyl (C=O) groups excluding carboxylic acids is 1. The minimum atomic E-state index is -0.437. The van der Waals surface area contributed by atoms with Crippen LogP contribution in [0.2, 0.25) is 0 Å². The summed E-state index contributed by atoms with van der Waals surface area (Å²) in [7, 11) is 0. The summed E-state index contributed by atoms with van der Waals surface area (Å²) in [5.41, 5.74) is 8.40. The molecular formula is C16H23ClN2O3. The Bertz CT molecular complexity index is 532. The topological polar surface area (TPSA) is 75.8 Å². The van der Waals surface area contributed by atoms with E-state index in [9.17, 15) is 9.90 Å². The van der Waals surface area contributed by atoms with Crippen molar-refractivity contribution in [2.75, 3.05) is 19.8 Å². The number of fused-ring (bicyclic) bond motifs is 1. The van der Waals surface area contributed by atoms with Crippen LogP contribution in [0, 0.1) is 5.92 Å². The van der Waals surface area contributed by atoms with Gasteiger partial charge in [-0.1, -0.05) is 6.07 Å². The van der Waals surface area contributed by atoms with Crippen molar-refractivity contribution in [3.63, 3.8) is 0 Å². The minimum absolute atomic E-state index is 0. The minimum Gasteiger partial charge on any atom is -0.508 e. The predicted octanol–water partition coefficient (Wildman–Crippen LogP) is 1.45. The molecule has 1 unspecified atom stereocenters. The molecule has 2 heterocycles. The van der Waals surface area contributed by atoms with E-state index >= 15 is 0 Å². The van der Waals surface area contributed by atoms with Gasteiger partial charge in [0.15, 0.2) is 0 Å². The second-order valence-corrected chi connectivity index (χ2v) is 5.94. The van der Waals surface area contributed by atoms with Crippen molar-refractivity contribution in [2.45, 2.75) is 31.8 Å². The summed E-state index contributed by atoms with van der Waals surface area (Å²) in [6.45, 7) is 2.64. The molecule has 1 aromatic carbocycles. The monoisotopic (exact) mass is 326 g/mol. The highest BCUT2D eigenvalue weighted by molar-refractivity contribution is 5.85. The third kappa shape index (κ3) is 3.54. The van der Waals surface area contributed by atoms with Crippen LogP contribution in [0.3, 0.4) is 0 Å². The molecule has 0 bridgehead atoms. The lowest BCUT2D eigenvalue weighted by atomic mass is 9.90. The van der Waals surface area contributed by atoms with E-state index < -0.39 is 6.04 Å². The normalized spacial score (nSPS) is 20.0. The molecule has 1 aromatic rings. The summed E-state index contributed by atoms with van der Waals surface area (Å²) >= 11 is 0. The molecule has 0 spiro atoms. The van der Waals surface area contributed by atoms with Gasteiger partial charge in [0, 0.05) is 26.3 Å². The van der Waals surface area contributed by atoms with Crippen LogP contribution in [-0.2, 0) is 22.5 Å². The third-order valence-electron chi connectivity index (χ3n) is 4.57. The summed E-state index contributed by atoms with van der Waals surface area (Å²) in [5, 5.41) is 9.58. The summed E-state index contributed by atoms with van der Waals surface area (Å²) in [6.07, 6.45) is 2.54. The van der Waals surface area contributed by atoms with Gasteiger partial charge in [0.25, 0.3) is 0 Å². The number of amides is 1. The van der Waals surface area contributed by atoms with E-state index in [4.69, 9.17) is 10.5 Å². The number of phenols is 1. The van der Waals surface area contributed by atoms with Crippen LogP contribution in [-0.4, -0.2) is 41.7 Å². The van der Waals surface area contributed by atoms with Gasteiger partial charge in [-0.15, -0.1) is 12.4 Å². The number of hydrogen-bond donors (Lipinski definition) is 2. The van der Waals surface area contributed by atoms with Gasteiger partial charge in [-0.25, -0.2) is 0 Å². The standard InChI is InChI=1S/C16H22N2O3.ClH/c17-15(12-4-7-21-8-5-12)16(20)18-6-3-11-1-2-14(19)9-13(11)10-18;/h1-2,9,12,15,19H,3-8,10,17H2;1H. The first-order valence-corrected chi connectivity index (χ1v) is 7.58. The average Bonchev–Trinajstić information content (AvgIpc) is 2.53. The van der Waals surface area contributed by atoms with Gasteiger partial charge in [0.2, 0.25) is 5.91 Å². The quantitative estimate of drug-likeness (QED) is 0.862. The number of benzene rings is 1. The number of carbonyl (C=O) groups is 1. The zero-order valence-corrected chi connectivity index (χ0v) is 13.3. The largest absolute Gasteiger partial charge is 0.508 e. The van der Waals surface area contributed by atoms with E-state index in [1.54, 1.807) is 12.1 Å². The fourth-order valence-corrected chi connectivity index (χ4v) is 3.22. The first-order valence-electron chi connectivity index (χ1n) is 7.58. The molecule has 5 nitrogen and oxygen atoms in total. The maximum absolute atomic E-state index is 12.6. The number of nitrogens with two attached hydrogens (primary N) is 1. The zero-order valence-electron chi connectivity index (χ0n) is 12.5. The van der Waals surface area contributed by atoms with Crippen LogP contribution in [0.25, 0.3) is 0 Å². The molecule has 1 fully saturated rings. The molecule has 2 aliphatic heterocycles. The van der Waals surface area contributed by atoms with Crippen molar-refractivity contribution < 1.29 is 14.6 Å². The molecule has 0 aromatic heterocycles. The van der Waals surface area contributed by atoms with Crippen LogP contribution in [0.15, 0.2) is 18.2 Å². The predicted molar refractivity (Wildman–Crippen MR) is 86.0 cm³/mol. The second-order valence-electron chi connectivity index (χ2n) is 5.94. The van der Waals surface area contributed by atoms with Gasteiger partial charge >= 0.3 is 0 Å². The van der Waals surface area contributed by atoms with Crippen molar-refractivity contribution in [3.05, 3.63) is 29.3 Å². The van der Waals surface area contributed by atoms with Crippen molar-refractivity contribution in [2.24, 2.45) is 11.7 Å². The van der Waals surface area contributed by atoms with Crippen LogP contribution in [0.4, 0.5) is 0 Å². The fourth-order valence-electron chi connectivity index (χ4n) is 3.22. The molecule has 6 heteroatoms. The first-order chi connectivity index (χ1) is 10.1. The van der Waals surface area contributed by atoms with Gasteiger partial charge in [-0.3, -0.25) is 4.79 Å². The molecule has 0 radical (unpaired) electrons. The van der Waals surface area contributed by atoms with E-state index in [2.05, 4.69) is 0 Å². The third-order valence-corrected chi connectivity index (χ3v) is 4.57. The molecule has 1 saturated heterocycles. The lowest BCUT2D eigenvalue weighted by Crippen LogP contribution is -2.50. The molecule has 122 valence electrons. The number of nitrogens with zero attached hydrogens (tertiary/aromatic N) is 1. The molecule has 0 aliphatic carbocycles. The highest BCUT2D eigenvalue weighted by Crippen LogP contribution is 2.25. The number of ether oxygens (including phenoxy) is 1. The van der Waals surface area contributed by atoms with Crippen molar-refractivity contribution >= 4 is 18.3 Å². The van der Waals surface area contributed by atoms with Gasteiger partial charge in [-0.2, -0.15) is 0 Å². The van der Waals surface area contributed by atoms with Gasteiger partial charge in [0.1, 0.15) is 5.75 Å². The van der Waals surface area contributed by atoms with Gasteiger partial charge in [0.05, 0.1) is 6.04 Å². The number of phenolic OH excluding ortho intramolecular Hbond substituents is 1.